The lowest BCUT2D eigenvalue weighted by atomic mass is 9.94. The first kappa shape index (κ1) is 12.7. The van der Waals surface area contributed by atoms with E-state index < -0.39 is 5.60 Å². The molecule has 0 radical (unpaired) electrons. The third-order valence-electron chi connectivity index (χ3n) is 2.49. The van der Waals surface area contributed by atoms with Crippen LogP contribution >= 0.6 is 0 Å². The van der Waals surface area contributed by atoms with Crippen LogP contribution in [0.15, 0.2) is 48.1 Å². The summed E-state index contributed by atoms with van der Waals surface area (Å²) in [7, 11) is 0. The van der Waals surface area contributed by atoms with Gasteiger partial charge in [0.05, 0.1) is 0 Å². The van der Waals surface area contributed by atoms with Crippen LogP contribution in [0.1, 0.15) is 31.9 Å². The summed E-state index contributed by atoms with van der Waals surface area (Å²) in [5.74, 6) is 0. The van der Waals surface area contributed by atoms with Gasteiger partial charge in [0.2, 0.25) is 0 Å². The highest BCUT2D eigenvalue weighted by atomic mass is 16.3. The van der Waals surface area contributed by atoms with Crippen molar-refractivity contribution in [3.8, 4) is 0 Å². The van der Waals surface area contributed by atoms with Gasteiger partial charge < -0.3 is 5.11 Å². The van der Waals surface area contributed by atoms with Gasteiger partial charge in [-0.1, -0.05) is 47.6 Å². The van der Waals surface area contributed by atoms with E-state index in [1.165, 1.54) is 11.1 Å². The van der Waals surface area contributed by atoms with Crippen molar-refractivity contribution in [2.75, 3.05) is 0 Å². The molecule has 0 aliphatic rings. The Kier molecular flexibility index (Phi) is 4.08. The van der Waals surface area contributed by atoms with E-state index >= 15 is 0 Å². The number of hydrogen-bond donors (Lipinski definition) is 1. The lowest BCUT2D eigenvalue weighted by Gasteiger charge is -2.19. The first-order chi connectivity index (χ1) is 7.42. The Bertz CT molecular complexity index is 390. The zero-order valence-corrected chi connectivity index (χ0v) is 10.5. The minimum absolute atomic E-state index is 0.903. The molecule has 0 saturated carbocycles. The summed E-state index contributed by atoms with van der Waals surface area (Å²) in [6, 6.07) is 7.95. The second-order valence-electron chi connectivity index (χ2n) is 4.62. The summed E-state index contributed by atoms with van der Waals surface area (Å²) < 4.78 is 0. The second kappa shape index (κ2) is 5.13. The average Bonchev–Trinajstić information content (AvgIpc) is 2.17. The molecule has 0 spiro atoms. The van der Waals surface area contributed by atoms with E-state index in [4.69, 9.17) is 0 Å². The number of hydrogen-bond acceptors (Lipinski definition) is 1. The average molecular weight is 216 g/mol. The Hall–Kier alpha value is -1.34. The van der Waals surface area contributed by atoms with Crippen molar-refractivity contribution >= 4 is 0 Å². The molecule has 1 rings (SSSR count). The van der Waals surface area contributed by atoms with Gasteiger partial charge in [0.15, 0.2) is 0 Å². The predicted octanol–water partition coefficient (Wildman–Crippen LogP) is 3.72. The summed E-state index contributed by atoms with van der Waals surface area (Å²) in [5, 5.41) is 10.3. The predicted molar refractivity (Wildman–Crippen MR) is 69.3 cm³/mol. The van der Waals surface area contributed by atoms with Gasteiger partial charge >= 0.3 is 0 Å². The van der Waals surface area contributed by atoms with Crippen LogP contribution in [-0.2, 0) is 5.60 Å². The largest absolute Gasteiger partial charge is 0.381 e. The standard InChI is InChI=1S/C15H20O/c1-12(2)6-5-11-15(4,16)14-9-7-13(3)8-10-14/h5-11,16H,1-4H3. The highest BCUT2D eigenvalue weighted by molar-refractivity contribution is 5.30. The molecule has 0 heterocycles. The van der Waals surface area contributed by atoms with Crippen molar-refractivity contribution in [2.45, 2.75) is 33.3 Å². The van der Waals surface area contributed by atoms with Crippen molar-refractivity contribution in [3.63, 3.8) is 0 Å². The van der Waals surface area contributed by atoms with Crippen LogP contribution in [-0.4, -0.2) is 5.11 Å². The van der Waals surface area contributed by atoms with Crippen molar-refractivity contribution < 1.29 is 5.11 Å². The van der Waals surface area contributed by atoms with E-state index in [0.29, 0.717) is 0 Å². The zero-order chi connectivity index (χ0) is 12.2. The lowest BCUT2D eigenvalue weighted by molar-refractivity contribution is 0.111. The fourth-order valence-electron chi connectivity index (χ4n) is 1.42. The van der Waals surface area contributed by atoms with Gasteiger partial charge in [-0.15, -0.1) is 0 Å². The zero-order valence-electron chi connectivity index (χ0n) is 10.5. The first-order valence-electron chi connectivity index (χ1n) is 5.54. The molecule has 0 fully saturated rings. The number of allylic oxidation sites excluding steroid dienone is 3. The summed E-state index contributed by atoms with van der Waals surface area (Å²) in [5.41, 5.74) is 2.43. The smallest absolute Gasteiger partial charge is 0.105 e. The molecule has 16 heavy (non-hydrogen) atoms. The normalized spacial score (nSPS) is 14.8. The van der Waals surface area contributed by atoms with Crippen molar-refractivity contribution in [2.24, 2.45) is 0 Å². The number of rotatable bonds is 3. The molecule has 0 aliphatic carbocycles. The van der Waals surface area contributed by atoms with Gasteiger partial charge in [0, 0.05) is 0 Å². The molecule has 1 heteroatoms. The Morgan fingerprint density at radius 3 is 2.25 bits per heavy atom. The van der Waals surface area contributed by atoms with E-state index in [9.17, 15) is 5.11 Å². The Morgan fingerprint density at radius 1 is 1.19 bits per heavy atom. The van der Waals surface area contributed by atoms with Crippen molar-refractivity contribution in [1.82, 2.24) is 0 Å². The topological polar surface area (TPSA) is 20.2 Å². The molecule has 1 N–H and O–H groups in total. The van der Waals surface area contributed by atoms with Gasteiger partial charge in [-0.2, -0.15) is 0 Å². The van der Waals surface area contributed by atoms with Crippen molar-refractivity contribution in [1.29, 1.82) is 0 Å². The van der Waals surface area contributed by atoms with E-state index in [-0.39, 0.29) is 0 Å². The van der Waals surface area contributed by atoms with Crippen LogP contribution in [0.2, 0.25) is 0 Å². The van der Waals surface area contributed by atoms with E-state index in [1.54, 1.807) is 6.92 Å². The quantitative estimate of drug-likeness (QED) is 0.763. The van der Waals surface area contributed by atoms with Crippen LogP contribution in [0.3, 0.4) is 0 Å². The molecule has 1 nitrogen and oxygen atoms in total. The van der Waals surface area contributed by atoms with Gasteiger partial charge in [-0.3, -0.25) is 0 Å². The third-order valence-corrected chi connectivity index (χ3v) is 2.49. The fourth-order valence-corrected chi connectivity index (χ4v) is 1.42. The van der Waals surface area contributed by atoms with Crippen LogP contribution in [0.5, 0.6) is 0 Å². The van der Waals surface area contributed by atoms with E-state index in [1.807, 2.05) is 63.3 Å². The summed E-state index contributed by atoms with van der Waals surface area (Å²) in [4.78, 5) is 0. The van der Waals surface area contributed by atoms with Gasteiger partial charge in [0.25, 0.3) is 0 Å². The molecular weight excluding hydrogens is 196 g/mol. The monoisotopic (exact) mass is 216 g/mol. The van der Waals surface area contributed by atoms with Crippen LogP contribution in [0.4, 0.5) is 0 Å². The highest BCUT2D eigenvalue weighted by Gasteiger charge is 2.18. The number of aliphatic hydroxyl groups is 1. The molecule has 0 aromatic heterocycles. The summed E-state index contributed by atoms with van der Waals surface area (Å²) in [6.45, 7) is 7.90. The van der Waals surface area contributed by atoms with Gasteiger partial charge in [0.1, 0.15) is 5.60 Å². The molecular formula is C15H20O. The lowest BCUT2D eigenvalue weighted by Crippen LogP contribution is -2.17. The maximum absolute atomic E-state index is 10.3. The van der Waals surface area contributed by atoms with E-state index in [2.05, 4.69) is 0 Å². The molecule has 1 unspecified atom stereocenters. The summed E-state index contributed by atoms with van der Waals surface area (Å²) >= 11 is 0. The van der Waals surface area contributed by atoms with Crippen LogP contribution in [0, 0.1) is 6.92 Å². The van der Waals surface area contributed by atoms with Crippen LogP contribution in [0.25, 0.3) is 0 Å². The maximum atomic E-state index is 10.3. The maximum Gasteiger partial charge on any atom is 0.105 e. The third kappa shape index (κ3) is 3.67. The Labute approximate surface area is 98.1 Å². The molecule has 0 bridgehead atoms. The van der Waals surface area contributed by atoms with Gasteiger partial charge in [-0.05, 0) is 39.3 Å². The number of aryl methyl sites for hydroxylation is 1. The molecule has 0 amide bonds. The Morgan fingerprint density at radius 2 is 1.75 bits per heavy atom. The molecule has 1 aromatic rings. The van der Waals surface area contributed by atoms with Crippen LogP contribution < -0.4 is 0 Å². The molecule has 1 aromatic carbocycles. The minimum atomic E-state index is -0.903. The first-order valence-corrected chi connectivity index (χ1v) is 5.54. The van der Waals surface area contributed by atoms with Crippen molar-refractivity contribution in [3.05, 3.63) is 59.2 Å². The fraction of sp³-hybridized carbons (Fsp3) is 0.333. The van der Waals surface area contributed by atoms with Gasteiger partial charge in [-0.25, -0.2) is 0 Å². The second-order valence-corrected chi connectivity index (χ2v) is 4.62. The molecule has 1 atom stereocenters. The minimum Gasteiger partial charge on any atom is -0.381 e. The Balaban J connectivity index is 2.89. The molecule has 0 saturated heterocycles. The highest BCUT2D eigenvalue weighted by Crippen LogP contribution is 2.22. The van der Waals surface area contributed by atoms with E-state index in [0.717, 1.165) is 5.56 Å². The SMILES string of the molecule is CC(C)=CC=CC(C)(O)c1ccc(C)cc1. The molecule has 0 aliphatic heterocycles. The summed E-state index contributed by atoms with van der Waals surface area (Å²) in [6.07, 6.45) is 5.70. The molecule has 86 valence electrons. The number of benzene rings is 1.